The van der Waals surface area contributed by atoms with E-state index in [1.165, 1.54) is 22.5 Å². The Morgan fingerprint density at radius 2 is 2.00 bits per heavy atom. The van der Waals surface area contributed by atoms with Crippen LogP contribution in [0.4, 0.5) is 5.00 Å². The Bertz CT molecular complexity index is 787. The molecule has 2 aromatic rings. The molecule has 5 nitrogen and oxygen atoms in total. The lowest BCUT2D eigenvalue weighted by molar-refractivity contribution is 0.0378. The fourth-order valence-electron chi connectivity index (χ4n) is 3.11. The van der Waals surface area contributed by atoms with Crippen LogP contribution < -0.4 is 5.32 Å². The summed E-state index contributed by atoms with van der Waals surface area (Å²) in [7, 11) is 0. The predicted molar refractivity (Wildman–Crippen MR) is 97.5 cm³/mol. The summed E-state index contributed by atoms with van der Waals surface area (Å²) in [6.45, 7) is 5.40. The molecule has 0 unspecified atom stereocenters. The monoisotopic (exact) mass is 361 g/mol. The Labute approximate surface area is 151 Å². The summed E-state index contributed by atoms with van der Waals surface area (Å²) >= 11 is 1.50. The molecule has 2 aromatic heterocycles. The van der Waals surface area contributed by atoms with Gasteiger partial charge in [0.05, 0.1) is 23.5 Å². The number of hydrogen-bond acceptors (Lipinski definition) is 5. The van der Waals surface area contributed by atoms with E-state index < -0.39 is 0 Å². The van der Waals surface area contributed by atoms with Gasteiger partial charge in [-0.05, 0) is 58.1 Å². The summed E-state index contributed by atoms with van der Waals surface area (Å²) in [4.78, 5) is 26.4. The highest BCUT2D eigenvalue weighted by Crippen LogP contribution is 2.38. The van der Waals surface area contributed by atoms with Crippen molar-refractivity contribution < 1.29 is 18.7 Å². The van der Waals surface area contributed by atoms with E-state index in [1.807, 2.05) is 13.8 Å². The lowest BCUT2D eigenvalue weighted by Crippen LogP contribution is -2.17. The third-order valence-electron chi connectivity index (χ3n) is 4.30. The van der Waals surface area contributed by atoms with Gasteiger partial charge >= 0.3 is 5.97 Å². The van der Waals surface area contributed by atoms with Crippen molar-refractivity contribution in [1.29, 1.82) is 0 Å². The fraction of sp³-hybridized carbons (Fsp3) is 0.474. The molecule has 1 N–H and O–H groups in total. The summed E-state index contributed by atoms with van der Waals surface area (Å²) in [5.41, 5.74) is 2.06. The number of hydrogen-bond donors (Lipinski definition) is 1. The molecular formula is C19H23NO4S. The highest BCUT2D eigenvalue weighted by Gasteiger charge is 2.27. The quantitative estimate of drug-likeness (QED) is 0.631. The number of thiophene rings is 1. The van der Waals surface area contributed by atoms with Crippen LogP contribution in [0.5, 0.6) is 0 Å². The summed E-state index contributed by atoms with van der Waals surface area (Å²) < 4.78 is 10.6. The molecule has 6 heteroatoms. The smallest absolute Gasteiger partial charge is 0.341 e. The molecule has 0 saturated heterocycles. The molecule has 0 aliphatic heterocycles. The van der Waals surface area contributed by atoms with E-state index in [4.69, 9.17) is 9.15 Å². The normalized spacial score (nSPS) is 14.1. The first kappa shape index (κ1) is 17.7. The maximum Gasteiger partial charge on any atom is 0.341 e. The summed E-state index contributed by atoms with van der Waals surface area (Å²) in [5.74, 6) is -0.0585. The van der Waals surface area contributed by atoms with E-state index in [0.29, 0.717) is 21.9 Å². The Hall–Kier alpha value is -2.08. The second-order valence-corrected chi connectivity index (χ2v) is 7.67. The Morgan fingerprint density at radius 1 is 1.24 bits per heavy atom. The van der Waals surface area contributed by atoms with Gasteiger partial charge in [-0.1, -0.05) is 6.42 Å². The van der Waals surface area contributed by atoms with Crippen LogP contribution in [0.25, 0.3) is 0 Å². The maximum atomic E-state index is 12.7. The number of aryl methyl sites for hydroxylation is 2. The minimum Gasteiger partial charge on any atom is -0.469 e. The zero-order valence-corrected chi connectivity index (χ0v) is 15.6. The summed E-state index contributed by atoms with van der Waals surface area (Å²) in [6, 6.07) is 1.63. The molecule has 0 bridgehead atoms. The van der Waals surface area contributed by atoms with E-state index in [0.717, 1.165) is 37.7 Å². The second-order valence-electron chi connectivity index (χ2n) is 6.57. The van der Waals surface area contributed by atoms with E-state index in [9.17, 15) is 9.59 Å². The number of amides is 1. The molecule has 1 amide bonds. The van der Waals surface area contributed by atoms with Gasteiger partial charge < -0.3 is 14.5 Å². The van der Waals surface area contributed by atoms with E-state index in [-0.39, 0.29) is 18.0 Å². The molecule has 0 aromatic carbocycles. The van der Waals surface area contributed by atoms with Gasteiger partial charge in [0.2, 0.25) is 0 Å². The van der Waals surface area contributed by atoms with Crippen LogP contribution in [0.1, 0.15) is 70.0 Å². The molecule has 1 aliphatic carbocycles. The number of carbonyl (C=O) groups is 2. The molecule has 0 saturated carbocycles. The van der Waals surface area contributed by atoms with Crippen molar-refractivity contribution in [2.75, 3.05) is 5.32 Å². The predicted octanol–water partition coefficient (Wildman–Crippen LogP) is 4.74. The zero-order valence-electron chi connectivity index (χ0n) is 14.8. The van der Waals surface area contributed by atoms with E-state index in [1.54, 1.807) is 13.0 Å². The van der Waals surface area contributed by atoms with Gasteiger partial charge in [-0.25, -0.2) is 4.79 Å². The molecule has 2 heterocycles. The van der Waals surface area contributed by atoms with Crippen molar-refractivity contribution in [1.82, 2.24) is 0 Å². The van der Waals surface area contributed by atoms with Crippen LogP contribution in [0.2, 0.25) is 0 Å². The number of carbonyl (C=O) groups excluding carboxylic acids is 2. The molecule has 1 aliphatic rings. The first-order valence-corrected chi connectivity index (χ1v) is 9.50. The van der Waals surface area contributed by atoms with Crippen LogP contribution in [0, 0.1) is 6.92 Å². The number of nitrogens with one attached hydrogen (secondary N) is 1. The lowest BCUT2D eigenvalue weighted by Gasteiger charge is -2.11. The number of ether oxygens (including phenoxy) is 1. The average molecular weight is 361 g/mol. The van der Waals surface area contributed by atoms with Crippen molar-refractivity contribution in [2.45, 2.75) is 59.0 Å². The number of fused-ring (bicyclic) bond motifs is 1. The zero-order chi connectivity index (χ0) is 18.0. The van der Waals surface area contributed by atoms with Crippen LogP contribution in [0.15, 0.2) is 16.7 Å². The van der Waals surface area contributed by atoms with Gasteiger partial charge in [0, 0.05) is 4.88 Å². The number of furan rings is 1. The average Bonchev–Trinajstić information content (AvgIpc) is 3.03. The van der Waals surface area contributed by atoms with E-state index >= 15 is 0 Å². The Kier molecular flexibility index (Phi) is 5.27. The third kappa shape index (κ3) is 3.79. The Morgan fingerprint density at radius 3 is 2.68 bits per heavy atom. The molecule has 0 spiro atoms. The third-order valence-corrected chi connectivity index (χ3v) is 5.51. The topological polar surface area (TPSA) is 68.5 Å². The molecule has 25 heavy (non-hydrogen) atoms. The summed E-state index contributed by atoms with van der Waals surface area (Å²) in [6.07, 6.45) is 6.42. The number of rotatable bonds is 4. The molecular weight excluding hydrogens is 338 g/mol. The highest BCUT2D eigenvalue weighted by molar-refractivity contribution is 7.17. The largest absolute Gasteiger partial charge is 0.469 e. The van der Waals surface area contributed by atoms with Crippen molar-refractivity contribution >= 4 is 28.2 Å². The van der Waals surface area contributed by atoms with Gasteiger partial charge in [-0.15, -0.1) is 11.3 Å². The molecule has 3 rings (SSSR count). The molecule has 0 radical (unpaired) electrons. The fourth-order valence-corrected chi connectivity index (χ4v) is 4.38. The van der Waals surface area contributed by atoms with Crippen LogP contribution in [-0.4, -0.2) is 18.0 Å². The van der Waals surface area contributed by atoms with Gasteiger partial charge in [0.15, 0.2) is 0 Å². The Balaban J connectivity index is 1.96. The van der Waals surface area contributed by atoms with E-state index in [2.05, 4.69) is 5.32 Å². The highest BCUT2D eigenvalue weighted by atomic mass is 32.1. The summed E-state index contributed by atoms with van der Waals surface area (Å²) in [5, 5.41) is 3.49. The van der Waals surface area contributed by atoms with Gasteiger partial charge in [0.25, 0.3) is 5.91 Å². The van der Waals surface area contributed by atoms with Crippen LogP contribution in [-0.2, 0) is 17.6 Å². The first-order chi connectivity index (χ1) is 12.0. The number of anilines is 1. The van der Waals surface area contributed by atoms with Gasteiger partial charge in [-0.3, -0.25) is 4.79 Å². The number of esters is 1. The minimum absolute atomic E-state index is 0.200. The molecule has 134 valence electrons. The van der Waals surface area contributed by atoms with Crippen molar-refractivity contribution in [3.05, 3.63) is 39.7 Å². The second kappa shape index (κ2) is 7.44. The van der Waals surface area contributed by atoms with Gasteiger partial charge in [-0.2, -0.15) is 0 Å². The van der Waals surface area contributed by atoms with Crippen molar-refractivity contribution in [3.8, 4) is 0 Å². The van der Waals surface area contributed by atoms with Crippen LogP contribution >= 0.6 is 11.3 Å². The first-order valence-electron chi connectivity index (χ1n) is 8.68. The van der Waals surface area contributed by atoms with Crippen molar-refractivity contribution in [3.63, 3.8) is 0 Å². The lowest BCUT2D eigenvalue weighted by atomic mass is 10.1. The minimum atomic E-state index is -0.353. The standard InChI is InChI=1S/C19H23NO4S/c1-11(2)24-19(22)16-14-7-5-4-6-8-15(14)25-18(16)20-17(21)13-9-10-23-12(13)3/h9-11H,4-8H2,1-3H3,(H,20,21). The van der Waals surface area contributed by atoms with Crippen molar-refractivity contribution in [2.24, 2.45) is 0 Å². The molecule has 0 fully saturated rings. The van der Waals surface area contributed by atoms with Gasteiger partial charge in [0.1, 0.15) is 10.8 Å². The maximum absolute atomic E-state index is 12.7. The SMILES string of the molecule is Cc1occc1C(=O)Nc1sc2c(c1C(=O)OC(C)C)CCCCC2. The van der Waals surface area contributed by atoms with Crippen LogP contribution in [0.3, 0.4) is 0 Å². The molecule has 0 atom stereocenters.